The Morgan fingerprint density at radius 1 is 0.398 bits per heavy atom. The van der Waals surface area contributed by atoms with Crippen LogP contribution < -0.4 is 83.2 Å². The number of pyridine rings is 4. The standard InChI is InChI=1S/C27H37N3O5.C23H29N3O5.C16H24N2O3.C11H14ClNO2.C10H21NO2.C6H4ClNO.3ClH.HI/c1-7-19(2)23(25(32)35-27(4,5)6)29-24(31)22-13-15-30(16-14-22)18-34-26(33)28-20(3)17-21-11-9-8-10-12-21;1-4-16(2)20(22(28)29)25-21(27)19-10-12-26(13-11-19)15-31-23(30)24-17(3)14-18-8-6-5-7-9-18;1-6-11(2)13(15(20)21-16(3,4)5)18-14(19)12-7-9-17-10-8-12;1-9(13-11(14)15-8-12)7-10-5-3-2-4-6-10;1-6-7(2)8(11)9(12)13-10(3,4)5;7-6(9)5-1-3-8-4-2-5;;;;/h8-16,19-20,23H,7,17-18H2,1-6H3,(H-,28,29,31,33);5-13,16-17,20H,4,14-15H2,1-3H3,(H2-,24,25,27,28,29,30);7-11,13H,6H2,1-5H3,(H,18,19);2-6,9H,7-8H2,1H3,(H,13,14);7-8H,6,11H2,1-5H3;1-4H;4*1H/t19-,20-,23-;16-,17-,20-;11-,13-;9-;7-,8-;;;;;/m00000...../s1. The number of halogens is 6. The molecule has 3 aromatic carbocycles. The number of carboxylic acids is 1. The highest BCUT2D eigenvalue weighted by atomic mass is 127. The Kier molecular flexibility index (Phi) is 62.0. The highest BCUT2D eigenvalue weighted by molar-refractivity contribution is 6.67. The zero-order valence-electron chi connectivity index (χ0n) is 76.9. The molecule has 29 nitrogen and oxygen atoms in total. The first-order valence-corrected chi connectivity index (χ1v) is 42.3. The number of aromatic nitrogens is 4. The van der Waals surface area contributed by atoms with E-state index in [1.807, 2.05) is 202 Å². The van der Waals surface area contributed by atoms with Gasteiger partial charge < -0.3 is 108 Å². The Morgan fingerprint density at radius 3 is 0.930 bits per heavy atom. The third-order valence-corrected chi connectivity index (χ3v) is 18.6. The molecule has 0 aliphatic carbocycles. The third kappa shape index (κ3) is 53.2. The molecule has 0 saturated carbocycles. The molecule has 710 valence electrons. The quantitative estimate of drug-likeness (QED) is 0.00474. The average molecular weight is 2000 g/mol. The number of esters is 3. The van der Waals surface area contributed by atoms with E-state index in [1.165, 1.54) is 18.0 Å². The van der Waals surface area contributed by atoms with Crippen molar-refractivity contribution in [2.75, 3.05) is 6.07 Å². The smallest absolute Gasteiger partial charge is 0.412 e. The summed E-state index contributed by atoms with van der Waals surface area (Å²) in [6, 6.07) is 39.2. The van der Waals surface area contributed by atoms with Gasteiger partial charge in [-0.1, -0.05) is 184 Å². The molecule has 35 heteroatoms. The van der Waals surface area contributed by atoms with E-state index < -0.39 is 88.3 Å². The Bertz CT molecular complexity index is 4360. The van der Waals surface area contributed by atoms with Gasteiger partial charge >= 0.3 is 42.2 Å². The van der Waals surface area contributed by atoms with Crippen molar-refractivity contribution < 1.29 is 132 Å². The monoisotopic (exact) mass is 1990 g/mol. The molecular weight excluding hydrogens is 1860 g/mol. The molecule has 0 bridgehead atoms. The predicted molar refractivity (Wildman–Crippen MR) is 490 cm³/mol. The minimum absolute atomic E-state index is 0. The number of rotatable bonds is 33. The molecule has 0 aliphatic rings. The minimum Gasteiger partial charge on any atom is -1.00 e. The zero-order chi connectivity index (χ0) is 93.3. The van der Waals surface area contributed by atoms with E-state index in [9.17, 15) is 57.8 Å². The lowest BCUT2D eigenvalue weighted by Crippen LogP contribution is -3.00. The molecule has 0 saturated heterocycles. The van der Waals surface area contributed by atoms with Gasteiger partial charge in [-0.15, -0.1) is 24.8 Å². The van der Waals surface area contributed by atoms with Crippen molar-refractivity contribution in [3.05, 3.63) is 228 Å². The Balaban J connectivity index is -0.00000153. The number of alkyl halides is 1. The summed E-state index contributed by atoms with van der Waals surface area (Å²) in [6.45, 7) is 37.4. The SMILES string of the molecule is CC[C@H](C)[C@H](N)C(=O)OC(C)(C)C.CC[C@H](C)[C@H](NC(=O)c1cc[n+](COC(=O)N[C@@H](C)Cc2ccccc2)cc1)C(=O)O.CC[C@H](C)[C@H](NC(=O)c1cc[n+](COC(=O)N[C@@H](C)Cc2ccccc2)cc1)C(=O)OC(C)(C)C.CC[C@H](C)[C@H](NC(=O)c1ccncc1)C(=O)OC(C)(C)C.C[C@@H](Cc1ccccc1)NC(=O)OCCl.Cl.Cl.O=C(Cl)c1ccncc1.[Cl-].[I-]. The second-order valence-corrected chi connectivity index (χ2v) is 33.2. The van der Waals surface area contributed by atoms with E-state index in [2.05, 4.69) is 46.6 Å². The summed E-state index contributed by atoms with van der Waals surface area (Å²) < 4.78 is 34.3. The molecule has 11 atom stereocenters. The number of hydrogen-bond donors (Lipinski definition) is 8. The van der Waals surface area contributed by atoms with Gasteiger partial charge in [-0.25, -0.2) is 28.8 Å². The summed E-state index contributed by atoms with van der Waals surface area (Å²) in [5.74, 6) is -3.46. The van der Waals surface area contributed by atoms with Crippen molar-refractivity contribution in [2.24, 2.45) is 29.4 Å². The van der Waals surface area contributed by atoms with Crippen molar-refractivity contribution in [3.8, 4) is 0 Å². The molecule has 128 heavy (non-hydrogen) atoms. The van der Waals surface area contributed by atoms with Crippen LogP contribution in [0.25, 0.3) is 0 Å². The number of alkyl carbamates (subject to hydrolysis) is 3. The average Bonchev–Trinajstić information content (AvgIpc) is 0.864. The Labute approximate surface area is 800 Å². The Morgan fingerprint density at radius 2 is 0.664 bits per heavy atom. The van der Waals surface area contributed by atoms with Gasteiger partial charge in [0.2, 0.25) is 0 Å². The molecule has 0 fully saturated rings. The van der Waals surface area contributed by atoms with Gasteiger partial charge in [-0.3, -0.25) is 33.9 Å². The normalized spacial score (nSPS) is 13.1. The largest absolute Gasteiger partial charge is 1.00 e. The van der Waals surface area contributed by atoms with Crippen LogP contribution in [0.2, 0.25) is 0 Å². The van der Waals surface area contributed by atoms with Crippen molar-refractivity contribution in [1.82, 2.24) is 41.9 Å². The number of aliphatic carboxylic acids is 1. The van der Waals surface area contributed by atoms with Crippen LogP contribution in [-0.4, -0.2) is 145 Å². The highest BCUT2D eigenvalue weighted by Crippen LogP contribution is 2.20. The summed E-state index contributed by atoms with van der Waals surface area (Å²) in [5, 5.41) is 25.3. The molecule has 9 N–H and O–H groups in total. The van der Waals surface area contributed by atoms with Gasteiger partial charge in [0.25, 0.3) is 36.4 Å². The van der Waals surface area contributed by atoms with Crippen LogP contribution in [0.5, 0.6) is 0 Å². The first-order valence-electron chi connectivity index (χ1n) is 41.4. The summed E-state index contributed by atoms with van der Waals surface area (Å²) >= 11 is 10.4. The first-order chi connectivity index (χ1) is 58.3. The summed E-state index contributed by atoms with van der Waals surface area (Å²) in [4.78, 5) is 138. The lowest BCUT2D eigenvalue weighted by atomic mass is 9.98. The molecular formula is C93H133Cl5IN11O18. The molecule has 6 amide bonds. The molecule has 4 aromatic heterocycles. The van der Waals surface area contributed by atoms with E-state index in [-0.39, 0.29) is 140 Å². The number of amides is 6. The number of ether oxygens (including phenoxy) is 6. The number of hydrogen-bond acceptors (Lipinski definition) is 20. The maximum atomic E-state index is 12.8. The minimum atomic E-state index is -1.06. The third-order valence-electron chi connectivity index (χ3n) is 18.3. The summed E-state index contributed by atoms with van der Waals surface area (Å²) in [5.41, 5.74) is 9.14. The van der Waals surface area contributed by atoms with Crippen LogP contribution in [0, 0.1) is 23.7 Å². The molecule has 0 radical (unpaired) electrons. The van der Waals surface area contributed by atoms with Crippen molar-refractivity contribution in [2.45, 2.75) is 256 Å². The number of carboxylic acid groups (broad SMARTS) is 1. The van der Waals surface area contributed by atoms with Crippen molar-refractivity contribution >= 4 is 113 Å². The van der Waals surface area contributed by atoms with Gasteiger partial charge in [0.15, 0.2) is 30.9 Å². The number of benzene rings is 3. The highest BCUT2D eigenvalue weighted by Gasteiger charge is 2.34. The number of carbonyl (C=O) groups is 11. The molecule has 0 spiro atoms. The molecule has 4 heterocycles. The predicted octanol–water partition coefficient (Wildman–Crippen LogP) is 9.41. The van der Waals surface area contributed by atoms with E-state index in [0.29, 0.717) is 47.9 Å². The van der Waals surface area contributed by atoms with Gasteiger partial charge in [0, 0.05) is 78.3 Å². The maximum absolute atomic E-state index is 12.8. The fourth-order valence-electron chi connectivity index (χ4n) is 10.8. The molecule has 7 rings (SSSR count). The fraction of sp³-hybridized carbons (Fsp3) is 0.473. The van der Waals surface area contributed by atoms with E-state index in [1.54, 1.807) is 123 Å². The second kappa shape index (κ2) is 64.8. The zero-order valence-corrected chi connectivity index (χ0v) is 83.0. The summed E-state index contributed by atoms with van der Waals surface area (Å²) in [6.07, 6.45) is 16.2. The lowest BCUT2D eigenvalue weighted by molar-refractivity contribution is -0.727. The Hall–Kier alpha value is -9.83. The number of nitrogens with two attached hydrogens (primary N) is 1. The first kappa shape index (κ1) is 122. The van der Waals surface area contributed by atoms with Crippen molar-refractivity contribution in [3.63, 3.8) is 0 Å². The lowest BCUT2D eigenvalue weighted by Gasteiger charge is -2.27. The molecule has 0 unspecified atom stereocenters. The number of carbonyl (C=O) groups excluding carboxylic acids is 10. The van der Waals surface area contributed by atoms with E-state index in [4.69, 9.17) is 52.6 Å². The molecule has 0 aliphatic heterocycles. The topological polar surface area (TPSA) is 395 Å². The van der Waals surface area contributed by atoms with E-state index >= 15 is 0 Å². The number of nitrogens with one attached hydrogen (secondary N) is 6. The second-order valence-electron chi connectivity index (χ2n) is 32.7. The van der Waals surface area contributed by atoms with Crippen LogP contribution in [0.4, 0.5) is 14.4 Å². The van der Waals surface area contributed by atoms with Gasteiger partial charge in [-0.2, -0.15) is 9.13 Å². The van der Waals surface area contributed by atoms with Gasteiger partial charge in [0.1, 0.15) is 41.0 Å². The fourth-order valence-corrected chi connectivity index (χ4v) is 11.0. The van der Waals surface area contributed by atoms with Crippen LogP contribution in [0.15, 0.2) is 189 Å². The van der Waals surface area contributed by atoms with Crippen LogP contribution in [-0.2, 0) is 80.3 Å². The van der Waals surface area contributed by atoms with E-state index in [0.717, 1.165) is 30.4 Å². The number of nitrogens with zero attached hydrogens (tertiary/aromatic N) is 4. The summed E-state index contributed by atoms with van der Waals surface area (Å²) in [7, 11) is 0. The van der Waals surface area contributed by atoms with Gasteiger partial charge in [0.05, 0.1) is 11.1 Å². The maximum Gasteiger partial charge on any atom is 0.412 e. The van der Waals surface area contributed by atoms with Crippen LogP contribution >= 0.6 is 48.0 Å². The molecule has 7 aromatic rings. The van der Waals surface area contributed by atoms with Crippen molar-refractivity contribution in [1.29, 1.82) is 0 Å². The van der Waals surface area contributed by atoms with Crippen LogP contribution in [0.3, 0.4) is 0 Å². The van der Waals surface area contributed by atoms with Gasteiger partial charge in [-0.05, 0) is 179 Å². The van der Waals surface area contributed by atoms with Crippen LogP contribution in [0.1, 0.15) is 222 Å².